The highest BCUT2D eigenvalue weighted by atomic mass is 32.1. The van der Waals surface area contributed by atoms with Crippen LogP contribution in [-0.4, -0.2) is 53.5 Å². The lowest BCUT2D eigenvalue weighted by molar-refractivity contribution is -0.126. The Hall–Kier alpha value is -2.00. The molecule has 1 aromatic rings. The van der Waals surface area contributed by atoms with Gasteiger partial charge in [0.25, 0.3) is 0 Å². The van der Waals surface area contributed by atoms with Crippen LogP contribution in [0.4, 0.5) is 13.2 Å². The molecule has 1 aliphatic heterocycles. The lowest BCUT2D eigenvalue weighted by Crippen LogP contribution is -2.23. The van der Waals surface area contributed by atoms with Crippen LogP contribution in [0.3, 0.4) is 0 Å². The summed E-state index contributed by atoms with van der Waals surface area (Å²) in [5, 5.41) is 8.89. The minimum atomic E-state index is -4.20. The van der Waals surface area contributed by atoms with Gasteiger partial charge in [0, 0.05) is 24.5 Å². The fraction of sp³-hybridized carbons (Fsp3) is 0.500. The van der Waals surface area contributed by atoms with Gasteiger partial charge in [0.2, 0.25) is 0 Å². The number of rotatable bonds is 9. The molecule has 1 N–H and O–H groups in total. The molecule has 0 saturated carbocycles. The molecule has 3 rings (SSSR count). The van der Waals surface area contributed by atoms with E-state index < -0.39 is 12.6 Å². The molecule has 0 bridgehead atoms. The first kappa shape index (κ1) is 26.6. The Bertz CT molecular complexity index is 957. The van der Waals surface area contributed by atoms with E-state index in [1.54, 1.807) is 18.2 Å². The molecule has 2 heterocycles. The third kappa shape index (κ3) is 8.65. The van der Waals surface area contributed by atoms with Crippen LogP contribution in [0.2, 0.25) is 0 Å². The molecule has 8 heteroatoms. The smallest absolute Gasteiger partial charge is 0.393 e. The molecule has 2 aliphatic rings. The van der Waals surface area contributed by atoms with Crippen LogP contribution >= 0.6 is 11.5 Å². The number of hydrogen-bond donors (Lipinski definition) is 1. The Balaban J connectivity index is 1.60. The van der Waals surface area contributed by atoms with E-state index in [-0.39, 0.29) is 6.61 Å². The quantitative estimate of drug-likeness (QED) is 0.413. The van der Waals surface area contributed by atoms with Gasteiger partial charge in [-0.05, 0) is 65.6 Å². The Morgan fingerprint density at radius 1 is 1.15 bits per heavy atom. The summed E-state index contributed by atoms with van der Waals surface area (Å²) in [6.45, 7) is 5.74. The first-order valence-electron chi connectivity index (χ1n) is 11.8. The van der Waals surface area contributed by atoms with Gasteiger partial charge >= 0.3 is 6.18 Å². The minimum Gasteiger partial charge on any atom is -0.394 e. The third-order valence-corrected chi connectivity index (χ3v) is 6.54. The molecule has 34 heavy (non-hydrogen) atoms. The number of aliphatic hydroxyl groups excluding tert-OH is 1. The van der Waals surface area contributed by atoms with Gasteiger partial charge in [-0.1, -0.05) is 43.4 Å². The van der Waals surface area contributed by atoms with Gasteiger partial charge in [0.1, 0.15) is 0 Å². The zero-order valence-electron chi connectivity index (χ0n) is 19.6. The molecular formula is C26H33F3N2O2S. The van der Waals surface area contributed by atoms with E-state index in [0.717, 1.165) is 55.0 Å². The zero-order chi connectivity index (χ0) is 24.4. The zero-order valence-corrected chi connectivity index (χ0v) is 20.4. The van der Waals surface area contributed by atoms with Crippen LogP contribution in [0, 0.1) is 0 Å². The number of likely N-dealkylation sites (tertiary alicyclic amines) is 1. The van der Waals surface area contributed by atoms with E-state index in [1.165, 1.54) is 22.7 Å². The summed E-state index contributed by atoms with van der Waals surface area (Å²) in [5.74, 6) is 0. The second kappa shape index (κ2) is 13.2. The van der Waals surface area contributed by atoms with Gasteiger partial charge in [-0.2, -0.15) is 17.5 Å². The van der Waals surface area contributed by atoms with Crippen LogP contribution in [0.15, 0.2) is 59.2 Å². The van der Waals surface area contributed by atoms with Crippen molar-refractivity contribution in [1.82, 2.24) is 9.27 Å². The Morgan fingerprint density at radius 2 is 1.91 bits per heavy atom. The van der Waals surface area contributed by atoms with E-state index in [4.69, 9.17) is 9.84 Å². The van der Waals surface area contributed by atoms with Crippen LogP contribution < -0.4 is 0 Å². The average Bonchev–Trinajstić information content (AvgIpc) is 3.01. The second-order valence-corrected chi connectivity index (χ2v) is 9.31. The molecule has 4 nitrogen and oxygen atoms in total. The molecule has 0 spiro atoms. The molecule has 1 fully saturated rings. The second-order valence-electron chi connectivity index (χ2n) is 8.42. The van der Waals surface area contributed by atoms with Crippen molar-refractivity contribution in [1.29, 1.82) is 0 Å². The summed E-state index contributed by atoms with van der Waals surface area (Å²) >= 11 is 1.46. The SMILES string of the molecule is CC/C=C1/CCN(Cc2cc(C3=CCC=C(CC(F)(F)F)C=C3)ns2)CC/C1=C/COCCO. The number of hydrogen-bond acceptors (Lipinski definition) is 5. The first-order chi connectivity index (χ1) is 16.4. The van der Waals surface area contributed by atoms with Crippen molar-refractivity contribution in [2.75, 3.05) is 32.9 Å². The lowest BCUT2D eigenvalue weighted by atomic mass is 10.00. The maximum Gasteiger partial charge on any atom is 0.393 e. The fourth-order valence-corrected chi connectivity index (χ4v) is 4.91. The summed E-state index contributed by atoms with van der Waals surface area (Å²) in [7, 11) is 0. The average molecular weight is 495 g/mol. The maximum atomic E-state index is 12.7. The number of alkyl halides is 3. The van der Waals surface area contributed by atoms with Crippen molar-refractivity contribution < 1.29 is 23.0 Å². The number of aromatic nitrogens is 1. The normalized spacial score (nSPS) is 20.4. The predicted molar refractivity (Wildman–Crippen MR) is 131 cm³/mol. The predicted octanol–water partition coefficient (Wildman–Crippen LogP) is 6.23. The van der Waals surface area contributed by atoms with Crippen LogP contribution in [0.5, 0.6) is 0 Å². The third-order valence-electron chi connectivity index (χ3n) is 5.77. The standard InChI is InChI=1S/C26H33F3N2O2S/c1-2-4-21-9-12-31(13-10-22(21)11-15-33-16-14-32)19-24-17-25(30-34-24)23-6-3-5-20(7-8-23)18-26(27,28)29/h4-8,11,17,32H,2-3,9-10,12-16,18-19H2,1H3/b21-4-,22-11-. The van der Waals surface area contributed by atoms with Crippen molar-refractivity contribution in [3.05, 3.63) is 69.8 Å². The monoisotopic (exact) mass is 494 g/mol. The molecular weight excluding hydrogens is 461 g/mol. The van der Waals surface area contributed by atoms with E-state index in [1.807, 2.05) is 6.08 Å². The Labute approximate surface area is 204 Å². The van der Waals surface area contributed by atoms with Gasteiger partial charge in [-0.25, -0.2) is 0 Å². The molecule has 0 atom stereocenters. The first-order valence-corrected chi connectivity index (χ1v) is 12.5. The Morgan fingerprint density at radius 3 is 2.62 bits per heavy atom. The van der Waals surface area contributed by atoms with Gasteiger partial charge < -0.3 is 9.84 Å². The topological polar surface area (TPSA) is 45.6 Å². The fourth-order valence-electron chi connectivity index (χ4n) is 4.13. The molecule has 0 aromatic carbocycles. The molecule has 1 saturated heterocycles. The Kier molecular flexibility index (Phi) is 10.3. The number of allylic oxidation sites excluding steroid dienone is 7. The highest BCUT2D eigenvalue weighted by molar-refractivity contribution is 7.05. The number of ether oxygens (including phenoxy) is 1. The molecule has 0 amide bonds. The molecule has 0 radical (unpaired) electrons. The highest BCUT2D eigenvalue weighted by Gasteiger charge is 2.28. The number of halogens is 3. The van der Waals surface area contributed by atoms with Crippen molar-refractivity contribution in [3.63, 3.8) is 0 Å². The largest absolute Gasteiger partial charge is 0.394 e. The minimum absolute atomic E-state index is 0.0311. The molecule has 0 unspecified atom stereocenters. The summed E-state index contributed by atoms with van der Waals surface area (Å²) in [6.07, 6.45) is 9.57. The summed E-state index contributed by atoms with van der Waals surface area (Å²) < 4.78 is 48.1. The number of nitrogens with zero attached hydrogens (tertiary/aromatic N) is 2. The van der Waals surface area contributed by atoms with Crippen LogP contribution in [0.1, 0.15) is 49.6 Å². The van der Waals surface area contributed by atoms with E-state index in [2.05, 4.69) is 34.4 Å². The van der Waals surface area contributed by atoms with Crippen LogP contribution in [0.25, 0.3) is 5.57 Å². The van der Waals surface area contributed by atoms with Gasteiger partial charge in [-0.3, -0.25) is 4.90 Å². The summed E-state index contributed by atoms with van der Waals surface area (Å²) in [4.78, 5) is 3.58. The number of aliphatic hydroxyl groups is 1. The van der Waals surface area contributed by atoms with E-state index in [0.29, 0.717) is 25.2 Å². The lowest BCUT2D eigenvalue weighted by Gasteiger charge is -2.17. The highest BCUT2D eigenvalue weighted by Crippen LogP contribution is 2.30. The van der Waals surface area contributed by atoms with Gasteiger partial charge in [0.05, 0.1) is 31.9 Å². The van der Waals surface area contributed by atoms with Crippen LogP contribution in [-0.2, 0) is 11.3 Å². The molecule has 186 valence electrons. The maximum absolute atomic E-state index is 12.7. The van der Waals surface area contributed by atoms with E-state index >= 15 is 0 Å². The van der Waals surface area contributed by atoms with Crippen molar-refractivity contribution in [3.8, 4) is 0 Å². The van der Waals surface area contributed by atoms with Gasteiger partial charge in [-0.15, -0.1) is 0 Å². The van der Waals surface area contributed by atoms with Crippen molar-refractivity contribution >= 4 is 17.1 Å². The molecule has 1 aliphatic carbocycles. The van der Waals surface area contributed by atoms with Crippen molar-refractivity contribution in [2.45, 2.75) is 51.7 Å². The summed E-state index contributed by atoms with van der Waals surface area (Å²) in [6, 6.07) is 2.06. The van der Waals surface area contributed by atoms with Gasteiger partial charge in [0.15, 0.2) is 0 Å². The molecule has 1 aromatic heterocycles. The summed E-state index contributed by atoms with van der Waals surface area (Å²) in [5.41, 5.74) is 4.68. The van der Waals surface area contributed by atoms with Crippen molar-refractivity contribution in [2.24, 2.45) is 0 Å². The van der Waals surface area contributed by atoms with E-state index in [9.17, 15) is 13.2 Å².